The number of aliphatic imine (C=N–C) groups is 1. The van der Waals surface area contributed by atoms with E-state index in [0.717, 1.165) is 38.5 Å². The molecule has 1 amide bonds. The average Bonchev–Trinajstić information content (AvgIpc) is 3.25. The number of guanidine groups is 1. The van der Waals surface area contributed by atoms with Gasteiger partial charge in [0, 0.05) is 45.4 Å². The first-order valence-electron chi connectivity index (χ1n) is 9.50. The number of carbonyl (C=O) groups is 1. The van der Waals surface area contributed by atoms with Crippen LogP contribution in [-0.4, -0.2) is 75.4 Å². The predicted octanol–water partition coefficient (Wildman–Crippen LogP) is 2.80. The summed E-state index contributed by atoms with van der Waals surface area (Å²) >= 11 is 11.8. The van der Waals surface area contributed by atoms with Gasteiger partial charge in [-0.2, -0.15) is 0 Å². The number of carbonyl (C=O) groups excluding carboxylic acids is 1. The van der Waals surface area contributed by atoms with Gasteiger partial charge in [-0.1, -0.05) is 23.2 Å². The molecule has 0 saturated carbocycles. The second-order valence-corrected chi connectivity index (χ2v) is 7.58. The first kappa shape index (κ1) is 24.5. The Morgan fingerprint density at radius 1 is 1.17 bits per heavy atom. The summed E-state index contributed by atoms with van der Waals surface area (Å²) in [7, 11) is 1.76. The molecule has 2 aliphatic heterocycles. The van der Waals surface area contributed by atoms with E-state index in [1.165, 1.54) is 0 Å². The molecular formula is C19H27Cl2IN4O3. The second kappa shape index (κ2) is 12.1. The molecule has 2 heterocycles. The van der Waals surface area contributed by atoms with Gasteiger partial charge in [0.1, 0.15) is 6.10 Å². The van der Waals surface area contributed by atoms with Gasteiger partial charge in [-0.3, -0.25) is 9.79 Å². The predicted molar refractivity (Wildman–Crippen MR) is 126 cm³/mol. The van der Waals surface area contributed by atoms with Crippen molar-refractivity contribution in [3.63, 3.8) is 0 Å². The highest BCUT2D eigenvalue weighted by atomic mass is 127. The van der Waals surface area contributed by atoms with E-state index in [1.54, 1.807) is 25.2 Å². The summed E-state index contributed by atoms with van der Waals surface area (Å²) in [6, 6.07) is 4.82. The van der Waals surface area contributed by atoms with Gasteiger partial charge in [-0.25, -0.2) is 0 Å². The Hall–Kier alpha value is -0.810. The quantitative estimate of drug-likeness (QED) is 0.252. The molecule has 1 aromatic rings. The summed E-state index contributed by atoms with van der Waals surface area (Å²) < 4.78 is 11.6. The van der Waals surface area contributed by atoms with E-state index in [4.69, 9.17) is 32.7 Å². The highest BCUT2D eigenvalue weighted by Gasteiger charge is 2.32. The number of hydrogen-bond acceptors (Lipinski definition) is 4. The van der Waals surface area contributed by atoms with Gasteiger partial charge < -0.3 is 25.0 Å². The molecule has 2 fully saturated rings. The van der Waals surface area contributed by atoms with E-state index in [1.807, 2.05) is 0 Å². The molecule has 2 N–H and O–H groups in total. The summed E-state index contributed by atoms with van der Waals surface area (Å²) in [6.07, 6.45) is 2.39. The van der Waals surface area contributed by atoms with Crippen LogP contribution in [0, 0.1) is 0 Å². The minimum atomic E-state index is -0.194. The maximum absolute atomic E-state index is 12.2. The van der Waals surface area contributed by atoms with Crippen molar-refractivity contribution in [3.8, 4) is 0 Å². The molecule has 0 bridgehead atoms. The van der Waals surface area contributed by atoms with E-state index in [-0.39, 0.29) is 42.1 Å². The van der Waals surface area contributed by atoms with Gasteiger partial charge in [-0.05, 0) is 31.0 Å². The van der Waals surface area contributed by atoms with Crippen LogP contribution < -0.4 is 10.6 Å². The number of amides is 1. The molecule has 0 spiro atoms. The Balaban J connectivity index is 0.00000300. The zero-order chi connectivity index (χ0) is 19.9. The van der Waals surface area contributed by atoms with Gasteiger partial charge in [0.25, 0.3) is 5.91 Å². The molecule has 0 aromatic heterocycles. The van der Waals surface area contributed by atoms with Gasteiger partial charge in [0.2, 0.25) is 0 Å². The topological polar surface area (TPSA) is 75.2 Å². The van der Waals surface area contributed by atoms with Crippen molar-refractivity contribution < 1.29 is 14.3 Å². The van der Waals surface area contributed by atoms with Crippen LogP contribution in [0.4, 0.5) is 0 Å². The number of nitrogens with one attached hydrogen (secondary N) is 2. The molecular weight excluding hydrogens is 530 g/mol. The van der Waals surface area contributed by atoms with Crippen LogP contribution in [-0.2, 0) is 9.47 Å². The first-order valence-corrected chi connectivity index (χ1v) is 10.3. The van der Waals surface area contributed by atoms with Crippen LogP contribution in [0.25, 0.3) is 0 Å². The largest absolute Gasteiger partial charge is 0.375 e. The third kappa shape index (κ3) is 6.85. The summed E-state index contributed by atoms with van der Waals surface area (Å²) in [5.41, 5.74) is 0.478. The normalized spacial score (nSPS) is 22.2. The van der Waals surface area contributed by atoms with E-state index in [0.29, 0.717) is 35.3 Å². The molecule has 0 aliphatic carbocycles. The van der Waals surface area contributed by atoms with Gasteiger partial charge in [-0.15, -0.1) is 24.0 Å². The Morgan fingerprint density at radius 2 is 1.93 bits per heavy atom. The maximum atomic E-state index is 12.2. The first-order chi connectivity index (χ1) is 13.6. The van der Waals surface area contributed by atoms with Crippen molar-refractivity contribution in [1.82, 2.24) is 15.5 Å². The third-order valence-electron chi connectivity index (χ3n) is 4.86. The van der Waals surface area contributed by atoms with Crippen molar-refractivity contribution in [2.24, 2.45) is 4.99 Å². The van der Waals surface area contributed by atoms with Crippen molar-refractivity contribution in [2.75, 3.05) is 46.4 Å². The molecule has 2 saturated heterocycles. The number of rotatable bonds is 5. The van der Waals surface area contributed by atoms with Crippen LogP contribution in [0.3, 0.4) is 0 Å². The van der Waals surface area contributed by atoms with Crippen LogP contribution in [0.2, 0.25) is 10.0 Å². The Bertz CT molecular complexity index is 717. The zero-order valence-corrected chi connectivity index (χ0v) is 20.2. The molecule has 10 heteroatoms. The average molecular weight is 557 g/mol. The fourth-order valence-corrected chi connectivity index (χ4v) is 3.71. The highest BCUT2D eigenvalue weighted by molar-refractivity contribution is 14.0. The molecule has 162 valence electrons. The molecule has 2 atom stereocenters. The lowest BCUT2D eigenvalue weighted by Gasteiger charge is -2.37. The van der Waals surface area contributed by atoms with E-state index >= 15 is 0 Å². The van der Waals surface area contributed by atoms with Gasteiger partial charge >= 0.3 is 0 Å². The Morgan fingerprint density at radius 3 is 2.62 bits per heavy atom. The van der Waals surface area contributed by atoms with E-state index in [2.05, 4.69) is 20.5 Å². The summed E-state index contributed by atoms with van der Waals surface area (Å²) in [5, 5.41) is 6.94. The highest BCUT2D eigenvalue weighted by Crippen LogP contribution is 2.22. The van der Waals surface area contributed by atoms with Crippen LogP contribution in [0.1, 0.15) is 23.2 Å². The van der Waals surface area contributed by atoms with E-state index in [9.17, 15) is 4.79 Å². The lowest BCUT2D eigenvalue weighted by atomic mass is 10.1. The number of halogens is 3. The molecule has 29 heavy (non-hydrogen) atoms. The number of ether oxygens (including phenoxy) is 2. The van der Waals surface area contributed by atoms with Crippen molar-refractivity contribution in [2.45, 2.75) is 25.0 Å². The molecule has 0 radical (unpaired) electrons. The fourth-order valence-electron chi connectivity index (χ4n) is 3.41. The molecule has 2 unspecified atom stereocenters. The third-order valence-corrected chi connectivity index (χ3v) is 5.60. The summed E-state index contributed by atoms with van der Waals surface area (Å²) in [5.74, 6) is 0.607. The lowest BCUT2D eigenvalue weighted by molar-refractivity contribution is -0.0816. The lowest BCUT2D eigenvalue weighted by Crippen LogP contribution is -2.54. The summed E-state index contributed by atoms with van der Waals surface area (Å²) in [6.45, 7) is 4.01. The van der Waals surface area contributed by atoms with Gasteiger partial charge in [0.15, 0.2) is 5.96 Å². The smallest absolute Gasteiger partial charge is 0.251 e. The van der Waals surface area contributed by atoms with Crippen LogP contribution >= 0.6 is 47.2 Å². The number of hydrogen-bond donors (Lipinski definition) is 2. The summed E-state index contributed by atoms with van der Waals surface area (Å²) in [4.78, 5) is 18.7. The minimum absolute atomic E-state index is 0. The minimum Gasteiger partial charge on any atom is -0.375 e. The maximum Gasteiger partial charge on any atom is 0.251 e. The van der Waals surface area contributed by atoms with E-state index < -0.39 is 0 Å². The van der Waals surface area contributed by atoms with Crippen molar-refractivity contribution >= 4 is 59.0 Å². The molecule has 7 nitrogen and oxygen atoms in total. The van der Waals surface area contributed by atoms with Crippen LogP contribution in [0.5, 0.6) is 0 Å². The van der Waals surface area contributed by atoms with Crippen molar-refractivity contribution in [3.05, 3.63) is 33.8 Å². The Kier molecular flexibility index (Phi) is 10.2. The van der Waals surface area contributed by atoms with Gasteiger partial charge in [0.05, 0.1) is 22.8 Å². The number of benzene rings is 1. The zero-order valence-electron chi connectivity index (χ0n) is 16.3. The SMILES string of the molecule is CN=C(NCCNC(=O)c1ccc(Cl)c(Cl)c1)N1CCOC(C2CCCO2)C1.I. The monoisotopic (exact) mass is 556 g/mol. The molecule has 2 aliphatic rings. The number of nitrogens with zero attached hydrogens (tertiary/aromatic N) is 2. The molecule has 3 rings (SSSR count). The second-order valence-electron chi connectivity index (χ2n) is 6.77. The number of morpholine rings is 1. The Labute approximate surface area is 198 Å². The fraction of sp³-hybridized carbons (Fsp3) is 0.579. The van der Waals surface area contributed by atoms with Crippen LogP contribution in [0.15, 0.2) is 23.2 Å². The molecule has 1 aromatic carbocycles. The standard InChI is InChI=1S/C19H26Cl2N4O3.HI/c1-22-19(25-8-10-28-17(12-25)16-3-2-9-27-16)24-7-6-23-18(26)13-4-5-14(20)15(21)11-13;/h4-5,11,16-17H,2-3,6-10,12H2,1H3,(H,22,24)(H,23,26);1H. The van der Waals surface area contributed by atoms with Crippen molar-refractivity contribution in [1.29, 1.82) is 0 Å².